The summed E-state index contributed by atoms with van der Waals surface area (Å²) in [5, 5.41) is 14.2. The number of nitrogens with zero attached hydrogens (tertiary/aromatic N) is 5. The average Bonchev–Trinajstić information content (AvgIpc) is 2.77. The molecule has 3 rings (SSSR count). The van der Waals surface area contributed by atoms with E-state index in [1.165, 1.54) is 26.4 Å². The molecule has 178 valence electrons. The van der Waals surface area contributed by atoms with Crippen LogP contribution in [0.5, 0.6) is 11.5 Å². The third-order valence-electron chi connectivity index (χ3n) is 4.82. The maximum atomic E-state index is 12.3. The Bertz CT molecular complexity index is 1020. The molecular weight excluding hydrogens is 432 g/mol. The van der Waals surface area contributed by atoms with Crippen LogP contribution in [0.1, 0.15) is 20.8 Å². The Kier molecular flexibility index (Phi) is 7.04. The second-order valence-corrected chi connectivity index (χ2v) is 8.31. The average molecular weight is 460 g/mol. The van der Waals surface area contributed by atoms with Gasteiger partial charge in [0.15, 0.2) is 17.3 Å². The molecule has 0 unspecified atom stereocenters. The number of carbonyl (C=O) groups excluding carboxylic acids is 1. The number of rotatable bonds is 6. The molecular formula is C21H28N6O6. The predicted molar refractivity (Wildman–Crippen MR) is 122 cm³/mol. The number of nitro benzene ring substituents is 1. The van der Waals surface area contributed by atoms with Gasteiger partial charge in [0.25, 0.3) is 0 Å². The van der Waals surface area contributed by atoms with Gasteiger partial charge in [-0.2, -0.15) is 4.98 Å². The zero-order valence-corrected chi connectivity index (χ0v) is 19.3. The number of benzene rings is 1. The van der Waals surface area contributed by atoms with E-state index in [4.69, 9.17) is 14.2 Å². The highest BCUT2D eigenvalue weighted by molar-refractivity contribution is 5.69. The van der Waals surface area contributed by atoms with Gasteiger partial charge in [0.2, 0.25) is 5.95 Å². The zero-order chi connectivity index (χ0) is 24.2. The fourth-order valence-electron chi connectivity index (χ4n) is 3.21. The zero-order valence-electron chi connectivity index (χ0n) is 19.3. The van der Waals surface area contributed by atoms with E-state index in [0.29, 0.717) is 49.4 Å². The van der Waals surface area contributed by atoms with Crippen molar-refractivity contribution in [3.8, 4) is 11.5 Å². The van der Waals surface area contributed by atoms with Gasteiger partial charge in [0, 0.05) is 44.0 Å². The molecule has 0 bridgehead atoms. The van der Waals surface area contributed by atoms with Crippen molar-refractivity contribution in [3.63, 3.8) is 0 Å². The molecule has 0 atom stereocenters. The quantitative estimate of drug-likeness (QED) is 0.506. The first-order chi connectivity index (χ1) is 15.6. The van der Waals surface area contributed by atoms with E-state index in [-0.39, 0.29) is 17.5 Å². The summed E-state index contributed by atoms with van der Waals surface area (Å²) in [6.07, 6.45) is 1.21. The largest absolute Gasteiger partial charge is 0.491 e. The van der Waals surface area contributed by atoms with Crippen LogP contribution in [0.25, 0.3) is 0 Å². The Morgan fingerprint density at radius 2 is 1.79 bits per heavy atom. The summed E-state index contributed by atoms with van der Waals surface area (Å²) in [6.45, 7) is 7.54. The number of hydrogen-bond acceptors (Lipinski definition) is 10. The Morgan fingerprint density at radius 3 is 2.36 bits per heavy atom. The smallest absolute Gasteiger partial charge is 0.410 e. The molecule has 12 nitrogen and oxygen atoms in total. The van der Waals surface area contributed by atoms with Crippen LogP contribution >= 0.6 is 0 Å². The van der Waals surface area contributed by atoms with Gasteiger partial charge >= 0.3 is 11.8 Å². The van der Waals surface area contributed by atoms with Gasteiger partial charge in [-0.3, -0.25) is 10.1 Å². The van der Waals surface area contributed by atoms with Crippen LogP contribution in [0.3, 0.4) is 0 Å². The molecule has 0 radical (unpaired) electrons. The van der Waals surface area contributed by atoms with Crippen molar-refractivity contribution in [3.05, 3.63) is 34.5 Å². The standard InChI is InChI=1S/C21H28N6O6/c1-21(2,3)33-20(28)26-10-8-25(9-11-26)19-22-13-17(32-5)18(24-19)23-14-6-7-15(27(29)30)16(12-14)31-4/h6-7,12-13H,8-11H2,1-5H3,(H,22,23,24). The molecule has 1 aromatic heterocycles. The SMILES string of the molecule is COc1cc(Nc2nc(N3CCN(C(=O)OC(C)(C)C)CC3)ncc2OC)ccc1[N+](=O)[O-]. The molecule has 1 fully saturated rings. The molecule has 12 heteroatoms. The Labute approximate surface area is 191 Å². The van der Waals surface area contributed by atoms with Crippen LogP contribution < -0.4 is 19.7 Å². The molecule has 1 aliphatic heterocycles. The van der Waals surface area contributed by atoms with Crippen molar-refractivity contribution in [1.29, 1.82) is 0 Å². The second-order valence-electron chi connectivity index (χ2n) is 8.31. The lowest BCUT2D eigenvalue weighted by Crippen LogP contribution is -2.50. The number of amides is 1. The van der Waals surface area contributed by atoms with Gasteiger partial charge in [0.05, 0.1) is 25.3 Å². The fourth-order valence-corrected chi connectivity index (χ4v) is 3.21. The van der Waals surface area contributed by atoms with E-state index in [9.17, 15) is 14.9 Å². The summed E-state index contributed by atoms with van der Waals surface area (Å²) in [4.78, 5) is 35.5. The topological polar surface area (TPSA) is 132 Å². The lowest BCUT2D eigenvalue weighted by Gasteiger charge is -2.35. The van der Waals surface area contributed by atoms with Crippen LogP contribution in [0.4, 0.5) is 27.9 Å². The van der Waals surface area contributed by atoms with E-state index in [1.807, 2.05) is 25.7 Å². The number of hydrogen-bond donors (Lipinski definition) is 1. The molecule has 1 aliphatic rings. The van der Waals surface area contributed by atoms with Crippen molar-refractivity contribution in [2.75, 3.05) is 50.6 Å². The first-order valence-corrected chi connectivity index (χ1v) is 10.3. The summed E-state index contributed by atoms with van der Waals surface area (Å²) in [6, 6.07) is 4.42. The number of ether oxygens (including phenoxy) is 3. The number of anilines is 3. The first-order valence-electron chi connectivity index (χ1n) is 10.3. The number of nitro groups is 1. The third-order valence-corrected chi connectivity index (χ3v) is 4.82. The molecule has 1 amide bonds. The Balaban J connectivity index is 1.74. The van der Waals surface area contributed by atoms with Gasteiger partial charge < -0.3 is 29.3 Å². The molecule has 0 aliphatic carbocycles. The van der Waals surface area contributed by atoms with Gasteiger partial charge in [-0.1, -0.05) is 0 Å². The van der Waals surface area contributed by atoms with Gasteiger partial charge in [0.1, 0.15) is 5.60 Å². The fraction of sp³-hybridized carbons (Fsp3) is 0.476. The number of nitrogens with one attached hydrogen (secondary N) is 1. The van der Waals surface area contributed by atoms with Crippen molar-refractivity contribution >= 4 is 29.2 Å². The maximum Gasteiger partial charge on any atom is 0.410 e. The first kappa shape index (κ1) is 23.8. The molecule has 2 aromatic rings. The lowest BCUT2D eigenvalue weighted by atomic mass is 10.2. The predicted octanol–water partition coefficient (Wildman–Crippen LogP) is 3.20. The summed E-state index contributed by atoms with van der Waals surface area (Å²) in [5.74, 6) is 1.39. The summed E-state index contributed by atoms with van der Waals surface area (Å²) in [7, 11) is 2.87. The van der Waals surface area contributed by atoms with Crippen LogP contribution in [-0.2, 0) is 4.74 Å². The minimum atomic E-state index is -0.547. The van der Waals surface area contributed by atoms with Crippen molar-refractivity contribution in [1.82, 2.24) is 14.9 Å². The highest BCUT2D eigenvalue weighted by atomic mass is 16.6. The van der Waals surface area contributed by atoms with Crippen molar-refractivity contribution in [2.45, 2.75) is 26.4 Å². The lowest BCUT2D eigenvalue weighted by molar-refractivity contribution is -0.385. The van der Waals surface area contributed by atoms with Crippen LogP contribution in [0, 0.1) is 10.1 Å². The molecule has 33 heavy (non-hydrogen) atoms. The minimum absolute atomic E-state index is 0.122. The number of methoxy groups -OCH3 is 2. The van der Waals surface area contributed by atoms with Crippen molar-refractivity contribution < 1.29 is 23.9 Å². The Morgan fingerprint density at radius 1 is 1.12 bits per heavy atom. The third kappa shape index (κ3) is 5.90. The number of piperazine rings is 1. The van der Waals surface area contributed by atoms with Crippen LogP contribution in [0.2, 0.25) is 0 Å². The molecule has 1 N–H and O–H groups in total. The van der Waals surface area contributed by atoms with E-state index < -0.39 is 10.5 Å². The summed E-state index contributed by atoms with van der Waals surface area (Å²) >= 11 is 0. The monoisotopic (exact) mass is 460 g/mol. The highest BCUT2D eigenvalue weighted by Crippen LogP contribution is 2.33. The number of carbonyl (C=O) groups is 1. The molecule has 1 aromatic carbocycles. The van der Waals surface area contributed by atoms with Crippen molar-refractivity contribution in [2.24, 2.45) is 0 Å². The summed E-state index contributed by atoms with van der Waals surface area (Å²) < 4.78 is 15.9. The van der Waals surface area contributed by atoms with Gasteiger partial charge in [-0.05, 0) is 26.8 Å². The van der Waals surface area contributed by atoms with E-state index >= 15 is 0 Å². The normalized spacial score (nSPS) is 14.0. The molecule has 1 saturated heterocycles. The van der Waals surface area contributed by atoms with Gasteiger partial charge in [-0.25, -0.2) is 9.78 Å². The van der Waals surface area contributed by atoms with Gasteiger partial charge in [-0.15, -0.1) is 0 Å². The summed E-state index contributed by atoms with van der Waals surface area (Å²) in [5.41, 5.74) is -0.148. The molecule has 2 heterocycles. The molecule has 0 spiro atoms. The van der Waals surface area contributed by atoms with Crippen LogP contribution in [0.15, 0.2) is 24.4 Å². The molecule has 0 saturated carbocycles. The maximum absolute atomic E-state index is 12.3. The van der Waals surface area contributed by atoms with E-state index in [1.54, 1.807) is 17.2 Å². The highest BCUT2D eigenvalue weighted by Gasteiger charge is 2.27. The second kappa shape index (κ2) is 9.76. The van der Waals surface area contributed by atoms with E-state index in [2.05, 4.69) is 15.3 Å². The Hall–Kier alpha value is -3.83. The van der Waals surface area contributed by atoms with E-state index in [0.717, 1.165) is 0 Å². The van der Waals surface area contributed by atoms with Crippen LogP contribution in [-0.4, -0.2) is 71.9 Å². The number of aromatic nitrogens is 2. The minimum Gasteiger partial charge on any atom is -0.491 e.